The zero-order chi connectivity index (χ0) is 9.61. The molecule has 0 spiro atoms. The quantitative estimate of drug-likeness (QED) is 0.471. The molecule has 1 nitrogen and oxygen atoms in total. The van der Waals surface area contributed by atoms with E-state index in [4.69, 9.17) is 0 Å². The highest BCUT2D eigenvalue weighted by Gasteiger charge is 2.23. The lowest BCUT2D eigenvalue weighted by molar-refractivity contribution is -0.0539. The van der Waals surface area contributed by atoms with Gasteiger partial charge in [-0.2, -0.15) is 13.2 Å². The van der Waals surface area contributed by atoms with E-state index in [2.05, 4.69) is 4.99 Å². The van der Waals surface area contributed by atoms with E-state index in [9.17, 15) is 17.6 Å². The molecule has 0 saturated carbocycles. The van der Waals surface area contributed by atoms with Crippen LogP contribution >= 0.6 is 0 Å². The van der Waals surface area contributed by atoms with Crippen LogP contribution in [0.1, 0.15) is 19.8 Å². The van der Waals surface area contributed by atoms with E-state index in [1.807, 2.05) is 0 Å². The number of hydrogen-bond acceptors (Lipinski definition) is 1. The Hall–Kier alpha value is -0.610. The van der Waals surface area contributed by atoms with Gasteiger partial charge in [-0.1, -0.05) is 0 Å². The summed E-state index contributed by atoms with van der Waals surface area (Å²) in [7, 11) is 0. The summed E-state index contributed by atoms with van der Waals surface area (Å²) in [5.41, 5.74) is 0. The highest BCUT2D eigenvalue weighted by Crippen LogP contribution is 2.12. The fourth-order valence-electron chi connectivity index (χ4n) is 0.659. The average Bonchev–Trinajstić information content (AvgIpc) is 1.95. The van der Waals surface area contributed by atoms with Crippen molar-refractivity contribution in [3.05, 3.63) is 0 Å². The predicted octanol–water partition coefficient (Wildman–Crippen LogP) is 2.76. The smallest absolute Gasteiger partial charge is 0.285 e. The first-order valence-electron chi connectivity index (χ1n) is 3.62. The van der Waals surface area contributed by atoms with Crippen molar-refractivity contribution in [2.24, 2.45) is 4.99 Å². The fraction of sp³-hybridized carbons (Fsp3) is 0.857. The van der Waals surface area contributed by atoms with Crippen molar-refractivity contribution >= 4 is 6.21 Å². The SMILES string of the molecule is CC(CCCF)N=CC(F)(F)F. The molecule has 0 N–H and O–H groups in total. The van der Waals surface area contributed by atoms with Crippen LogP contribution in [0.2, 0.25) is 0 Å². The van der Waals surface area contributed by atoms with Crippen LogP contribution in [0.25, 0.3) is 0 Å². The number of alkyl halides is 4. The highest BCUT2D eigenvalue weighted by molar-refractivity contribution is 5.64. The van der Waals surface area contributed by atoms with Gasteiger partial charge in [0.2, 0.25) is 0 Å². The lowest BCUT2D eigenvalue weighted by atomic mass is 10.2. The molecule has 0 saturated heterocycles. The minimum Gasteiger partial charge on any atom is -0.285 e. The van der Waals surface area contributed by atoms with E-state index in [0.717, 1.165) is 0 Å². The number of nitrogens with zero attached hydrogens (tertiary/aromatic N) is 1. The second-order valence-corrected chi connectivity index (χ2v) is 2.50. The molecule has 72 valence electrons. The first-order chi connectivity index (χ1) is 5.45. The van der Waals surface area contributed by atoms with Gasteiger partial charge in [0.1, 0.15) is 6.21 Å². The van der Waals surface area contributed by atoms with Crippen LogP contribution in [0.15, 0.2) is 4.99 Å². The molecular weight excluding hydrogens is 174 g/mol. The van der Waals surface area contributed by atoms with Gasteiger partial charge in [0, 0.05) is 6.04 Å². The molecule has 0 aliphatic rings. The Balaban J connectivity index is 3.68. The van der Waals surface area contributed by atoms with Gasteiger partial charge < -0.3 is 0 Å². The maximum Gasteiger partial charge on any atom is 0.426 e. The van der Waals surface area contributed by atoms with Crippen molar-refractivity contribution < 1.29 is 17.6 Å². The van der Waals surface area contributed by atoms with Crippen LogP contribution in [-0.4, -0.2) is 25.1 Å². The Morgan fingerprint density at radius 1 is 1.42 bits per heavy atom. The summed E-state index contributed by atoms with van der Waals surface area (Å²) >= 11 is 0. The molecule has 1 unspecified atom stereocenters. The van der Waals surface area contributed by atoms with Crippen LogP contribution in [0.4, 0.5) is 17.6 Å². The Kier molecular flexibility index (Phi) is 4.85. The van der Waals surface area contributed by atoms with Crippen molar-refractivity contribution in [1.82, 2.24) is 0 Å². The Labute approximate surface area is 68.5 Å². The lowest BCUT2D eigenvalue weighted by Crippen LogP contribution is -2.11. The van der Waals surface area contributed by atoms with Crippen molar-refractivity contribution in [2.75, 3.05) is 6.67 Å². The molecule has 0 aromatic carbocycles. The number of hydrogen-bond donors (Lipinski definition) is 0. The van der Waals surface area contributed by atoms with Crippen LogP contribution in [-0.2, 0) is 0 Å². The first kappa shape index (κ1) is 11.4. The molecule has 1 atom stereocenters. The summed E-state index contributed by atoms with van der Waals surface area (Å²) in [4.78, 5) is 3.22. The Morgan fingerprint density at radius 3 is 2.42 bits per heavy atom. The third kappa shape index (κ3) is 7.50. The number of aliphatic imine (C=N–C) groups is 1. The molecule has 0 rings (SSSR count). The Bertz CT molecular complexity index is 141. The van der Waals surface area contributed by atoms with Gasteiger partial charge in [0.15, 0.2) is 0 Å². The molecule has 0 bridgehead atoms. The van der Waals surface area contributed by atoms with Gasteiger partial charge in [-0.15, -0.1) is 0 Å². The summed E-state index contributed by atoms with van der Waals surface area (Å²) < 4.78 is 46.1. The van der Waals surface area contributed by atoms with Crippen LogP contribution < -0.4 is 0 Å². The number of halogens is 4. The highest BCUT2D eigenvalue weighted by atomic mass is 19.4. The third-order valence-electron chi connectivity index (χ3n) is 1.23. The molecule has 0 radical (unpaired) electrons. The molecular formula is C7H11F4N. The second-order valence-electron chi connectivity index (χ2n) is 2.50. The van der Waals surface area contributed by atoms with Crippen LogP contribution in [0.3, 0.4) is 0 Å². The van der Waals surface area contributed by atoms with E-state index in [1.54, 1.807) is 0 Å². The van der Waals surface area contributed by atoms with Gasteiger partial charge in [0.05, 0.1) is 6.67 Å². The average molecular weight is 185 g/mol. The monoisotopic (exact) mass is 185 g/mol. The lowest BCUT2D eigenvalue weighted by Gasteiger charge is -2.04. The second kappa shape index (κ2) is 5.11. The van der Waals surface area contributed by atoms with Gasteiger partial charge in [-0.05, 0) is 19.8 Å². The molecule has 5 heteroatoms. The zero-order valence-corrected chi connectivity index (χ0v) is 6.74. The van der Waals surface area contributed by atoms with Crippen LogP contribution in [0.5, 0.6) is 0 Å². The summed E-state index contributed by atoms with van der Waals surface area (Å²) in [6.45, 7) is 1.02. The predicted molar refractivity (Wildman–Crippen MR) is 39.2 cm³/mol. The first-order valence-corrected chi connectivity index (χ1v) is 3.62. The third-order valence-corrected chi connectivity index (χ3v) is 1.23. The molecule has 0 aromatic heterocycles. The van der Waals surface area contributed by atoms with Crippen LogP contribution in [0, 0.1) is 0 Å². The molecule has 12 heavy (non-hydrogen) atoms. The summed E-state index contributed by atoms with van der Waals surface area (Å²) in [6.07, 6.45) is -3.79. The zero-order valence-electron chi connectivity index (χ0n) is 6.74. The van der Waals surface area contributed by atoms with Crippen molar-refractivity contribution in [3.8, 4) is 0 Å². The normalized spacial score (nSPS) is 15.4. The molecule has 0 amide bonds. The van der Waals surface area contributed by atoms with Crippen molar-refractivity contribution in [2.45, 2.75) is 32.0 Å². The maximum absolute atomic E-state index is 11.6. The molecule has 0 fully saturated rings. The van der Waals surface area contributed by atoms with E-state index < -0.39 is 18.9 Å². The standard InChI is InChI=1S/C7H11F4N/c1-6(3-2-4-8)12-5-7(9,10)11/h5-6H,2-4H2,1H3. The summed E-state index contributed by atoms with van der Waals surface area (Å²) in [6, 6.07) is -0.456. The van der Waals surface area contributed by atoms with Gasteiger partial charge in [0.25, 0.3) is 0 Å². The van der Waals surface area contributed by atoms with Crippen molar-refractivity contribution in [3.63, 3.8) is 0 Å². The van der Waals surface area contributed by atoms with E-state index in [-0.39, 0.29) is 12.6 Å². The Morgan fingerprint density at radius 2 is 2.00 bits per heavy atom. The van der Waals surface area contributed by atoms with E-state index >= 15 is 0 Å². The molecule has 0 aromatic rings. The summed E-state index contributed by atoms with van der Waals surface area (Å²) in [5, 5.41) is 0. The van der Waals surface area contributed by atoms with Crippen molar-refractivity contribution in [1.29, 1.82) is 0 Å². The largest absolute Gasteiger partial charge is 0.426 e. The van der Waals surface area contributed by atoms with Gasteiger partial charge >= 0.3 is 6.18 Å². The minimum atomic E-state index is -4.36. The maximum atomic E-state index is 11.6. The molecule has 0 aliphatic carbocycles. The van der Waals surface area contributed by atoms with E-state index in [1.165, 1.54) is 6.92 Å². The van der Waals surface area contributed by atoms with E-state index in [0.29, 0.717) is 6.42 Å². The minimum absolute atomic E-state index is 0.0457. The fourth-order valence-corrected chi connectivity index (χ4v) is 0.659. The van der Waals surface area contributed by atoms with Gasteiger partial charge in [-0.3, -0.25) is 9.38 Å². The van der Waals surface area contributed by atoms with Gasteiger partial charge in [-0.25, -0.2) is 0 Å². The molecule has 0 heterocycles. The molecule has 0 aliphatic heterocycles. The summed E-state index contributed by atoms with van der Waals surface area (Å²) in [5.74, 6) is 0. The number of rotatable bonds is 4. The topological polar surface area (TPSA) is 12.4 Å².